The molecule has 1 rings (SSSR count). The second kappa shape index (κ2) is 2.71. The molecule has 1 N–H and O–H groups in total. The molecule has 6 heteroatoms. The highest BCUT2D eigenvalue weighted by Crippen LogP contribution is 2.55. The first kappa shape index (κ1) is 10.0. The third-order valence-electron chi connectivity index (χ3n) is 1.91. The molecule has 1 aliphatic rings. The Labute approximate surface area is 71.4 Å². The molecule has 1 unspecified atom stereocenters. The van der Waals surface area contributed by atoms with Crippen molar-refractivity contribution in [3.05, 3.63) is 12.2 Å². The molecule has 1 atom stereocenters. The number of alkyl halides is 4. The summed E-state index contributed by atoms with van der Waals surface area (Å²) in [6.45, 7) is 0. The number of hydrogen-bond donors (Lipinski definition) is 0. The van der Waals surface area contributed by atoms with Crippen LogP contribution in [0.1, 0.15) is 6.42 Å². The van der Waals surface area contributed by atoms with Crippen LogP contribution in [0.4, 0.5) is 17.6 Å². The van der Waals surface area contributed by atoms with Gasteiger partial charge in [0.25, 0.3) is 5.91 Å². The van der Waals surface area contributed by atoms with Crippen LogP contribution in [0.3, 0.4) is 0 Å². The lowest BCUT2D eigenvalue weighted by Gasteiger charge is -2.42. The van der Waals surface area contributed by atoms with E-state index in [4.69, 9.17) is 5.73 Å². The van der Waals surface area contributed by atoms with Gasteiger partial charge in [0.15, 0.2) is 0 Å². The van der Waals surface area contributed by atoms with Crippen molar-refractivity contribution in [2.45, 2.75) is 18.3 Å². The van der Waals surface area contributed by atoms with Gasteiger partial charge in [0.2, 0.25) is 0 Å². The Kier molecular flexibility index (Phi) is 2.09. The van der Waals surface area contributed by atoms with E-state index in [0.717, 1.165) is 0 Å². The van der Waals surface area contributed by atoms with Crippen molar-refractivity contribution in [3.63, 3.8) is 0 Å². The van der Waals surface area contributed by atoms with Crippen LogP contribution in [0.2, 0.25) is 0 Å². The average molecular weight is 196 g/mol. The molecular formula is C7H6F4NO. The predicted molar refractivity (Wildman–Crippen MR) is 35.2 cm³/mol. The van der Waals surface area contributed by atoms with E-state index in [1.165, 1.54) is 0 Å². The van der Waals surface area contributed by atoms with E-state index in [1.807, 2.05) is 0 Å². The molecule has 1 fully saturated rings. The standard InChI is InChI=1S/C7H6F4NO/c8-6(9)3-4(7(6,10)11)1-2-5(12)13/h1-2,4,12H,3H2. The van der Waals surface area contributed by atoms with Crippen molar-refractivity contribution in [1.82, 2.24) is 5.73 Å². The summed E-state index contributed by atoms with van der Waals surface area (Å²) in [7, 11) is 0. The highest BCUT2D eigenvalue weighted by Gasteiger charge is 2.70. The number of nitrogens with one attached hydrogen (secondary N) is 1. The summed E-state index contributed by atoms with van der Waals surface area (Å²) in [5, 5.41) is 0. The van der Waals surface area contributed by atoms with E-state index in [9.17, 15) is 22.4 Å². The largest absolute Gasteiger partial charge is 0.316 e. The summed E-state index contributed by atoms with van der Waals surface area (Å²) in [6, 6.07) is 0. The molecule has 0 saturated heterocycles. The van der Waals surface area contributed by atoms with Crippen LogP contribution in [-0.4, -0.2) is 17.8 Å². The van der Waals surface area contributed by atoms with Crippen LogP contribution < -0.4 is 5.73 Å². The fourth-order valence-corrected chi connectivity index (χ4v) is 1.07. The maximum Gasteiger partial charge on any atom is 0.316 e. The molecule has 0 aromatic carbocycles. The average Bonchev–Trinajstić information content (AvgIpc) is 1.97. The zero-order valence-electron chi connectivity index (χ0n) is 6.36. The van der Waals surface area contributed by atoms with E-state index >= 15 is 0 Å². The summed E-state index contributed by atoms with van der Waals surface area (Å²) in [4.78, 5) is 10.0. The lowest BCUT2D eigenvalue weighted by atomic mass is 9.76. The molecule has 0 aliphatic heterocycles. The van der Waals surface area contributed by atoms with Crippen LogP contribution in [0.15, 0.2) is 12.2 Å². The molecule has 1 amide bonds. The molecule has 1 saturated carbocycles. The summed E-state index contributed by atoms with van der Waals surface area (Å²) in [5.74, 6) is -10.9. The molecular weight excluding hydrogens is 190 g/mol. The Hall–Kier alpha value is -1.07. The SMILES string of the molecule is [NH]C(=O)C=CC1CC(F)(F)C1(F)F. The van der Waals surface area contributed by atoms with E-state index in [-0.39, 0.29) is 0 Å². The monoisotopic (exact) mass is 196 g/mol. The highest BCUT2D eigenvalue weighted by molar-refractivity contribution is 5.85. The van der Waals surface area contributed by atoms with Gasteiger partial charge in [0.05, 0.1) is 5.92 Å². The fourth-order valence-electron chi connectivity index (χ4n) is 1.07. The maximum absolute atomic E-state index is 12.5. The smallest absolute Gasteiger partial charge is 0.268 e. The van der Waals surface area contributed by atoms with Crippen molar-refractivity contribution in [1.29, 1.82) is 0 Å². The minimum Gasteiger partial charge on any atom is -0.268 e. The molecule has 0 heterocycles. The van der Waals surface area contributed by atoms with Crippen LogP contribution in [0.5, 0.6) is 0 Å². The maximum atomic E-state index is 12.5. The van der Waals surface area contributed by atoms with E-state index < -0.39 is 30.1 Å². The number of halogens is 4. The quantitative estimate of drug-likeness (QED) is 0.489. The Morgan fingerprint density at radius 2 is 1.92 bits per heavy atom. The molecule has 0 spiro atoms. The summed E-state index contributed by atoms with van der Waals surface area (Å²) in [6.07, 6.45) is 0.254. The minimum atomic E-state index is -4.08. The van der Waals surface area contributed by atoms with Crippen molar-refractivity contribution < 1.29 is 22.4 Å². The Morgan fingerprint density at radius 3 is 2.23 bits per heavy atom. The van der Waals surface area contributed by atoms with Crippen LogP contribution in [0.25, 0.3) is 0 Å². The van der Waals surface area contributed by atoms with Crippen molar-refractivity contribution in [3.8, 4) is 0 Å². The molecule has 1 aliphatic carbocycles. The number of allylic oxidation sites excluding steroid dienone is 1. The van der Waals surface area contributed by atoms with Gasteiger partial charge in [-0.2, -0.15) is 17.6 Å². The van der Waals surface area contributed by atoms with Crippen molar-refractivity contribution in [2.24, 2.45) is 5.92 Å². The van der Waals surface area contributed by atoms with Crippen molar-refractivity contribution >= 4 is 5.91 Å². The number of hydrogen-bond acceptors (Lipinski definition) is 1. The second-order valence-corrected chi connectivity index (χ2v) is 2.86. The zero-order chi connectivity index (χ0) is 10.3. The van der Waals surface area contributed by atoms with Gasteiger partial charge in [-0.05, 0) is 0 Å². The predicted octanol–water partition coefficient (Wildman–Crippen LogP) is 1.64. The first-order chi connectivity index (χ1) is 5.77. The van der Waals surface area contributed by atoms with Gasteiger partial charge in [-0.3, -0.25) is 10.5 Å². The fraction of sp³-hybridized carbons (Fsp3) is 0.571. The normalized spacial score (nSPS) is 30.0. The number of amides is 1. The second-order valence-electron chi connectivity index (χ2n) is 2.86. The van der Waals surface area contributed by atoms with Crippen molar-refractivity contribution in [2.75, 3.05) is 0 Å². The minimum absolute atomic E-state index is 0.563. The van der Waals surface area contributed by atoms with Gasteiger partial charge < -0.3 is 0 Å². The summed E-state index contributed by atoms with van der Waals surface area (Å²) < 4.78 is 49.3. The molecule has 1 radical (unpaired) electrons. The first-order valence-electron chi connectivity index (χ1n) is 3.47. The Morgan fingerprint density at radius 1 is 1.38 bits per heavy atom. The highest BCUT2D eigenvalue weighted by atomic mass is 19.3. The van der Waals surface area contributed by atoms with E-state index in [2.05, 4.69) is 0 Å². The number of carbonyl (C=O) groups is 1. The van der Waals surface area contributed by atoms with E-state index in [1.54, 1.807) is 0 Å². The third kappa shape index (κ3) is 1.52. The lowest BCUT2D eigenvalue weighted by molar-refractivity contribution is -0.301. The van der Waals surface area contributed by atoms with Gasteiger partial charge in [-0.1, -0.05) is 6.08 Å². The molecule has 0 aromatic rings. The Bertz CT molecular complexity index is 261. The molecule has 2 nitrogen and oxygen atoms in total. The zero-order valence-corrected chi connectivity index (χ0v) is 6.36. The first-order valence-corrected chi connectivity index (χ1v) is 3.47. The summed E-state index contributed by atoms with van der Waals surface area (Å²) in [5.41, 5.74) is 6.34. The van der Waals surface area contributed by atoms with Gasteiger partial charge in [-0.15, -0.1) is 0 Å². The Balaban J connectivity index is 2.65. The molecule has 13 heavy (non-hydrogen) atoms. The lowest BCUT2D eigenvalue weighted by Crippen LogP contribution is -2.57. The summed E-state index contributed by atoms with van der Waals surface area (Å²) >= 11 is 0. The van der Waals surface area contributed by atoms with Gasteiger partial charge >= 0.3 is 11.8 Å². The van der Waals surface area contributed by atoms with Crippen LogP contribution >= 0.6 is 0 Å². The third-order valence-corrected chi connectivity index (χ3v) is 1.91. The van der Waals surface area contributed by atoms with Gasteiger partial charge in [0, 0.05) is 12.5 Å². The van der Waals surface area contributed by atoms with Crippen LogP contribution in [-0.2, 0) is 4.79 Å². The molecule has 73 valence electrons. The topological polar surface area (TPSA) is 40.9 Å². The number of carbonyl (C=O) groups excluding carboxylic acids is 1. The van der Waals surface area contributed by atoms with Gasteiger partial charge in [-0.25, -0.2) is 0 Å². The van der Waals surface area contributed by atoms with E-state index in [0.29, 0.717) is 12.2 Å². The van der Waals surface area contributed by atoms with Crippen LogP contribution in [0, 0.1) is 5.92 Å². The van der Waals surface area contributed by atoms with Gasteiger partial charge in [0.1, 0.15) is 0 Å². The molecule has 0 bridgehead atoms. The molecule has 0 aromatic heterocycles. The number of rotatable bonds is 2.